The third-order valence-electron chi connectivity index (χ3n) is 2.90. The summed E-state index contributed by atoms with van der Waals surface area (Å²) in [6.07, 6.45) is 0. The van der Waals surface area contributed by atoms with Gasteiger partial charge in [0.05, 0.1) is 6.04 Å². The number of carbonyl (C=O) groups excluding carboxylic acids is 2. The van der Waals surface area contributed by atoms with Gasteiger partial charge in [0.2, 0.25) is 5.91 Å². The molecule has 116 valence electrons. The minimum absolute atomic E-state index is 0.162. The number of rotatable bonds is 5. The predicted octanol–water partition coefficient (Wildman–Crippen LogP) is 2.88. The Kier molecular flexibility index (Phi) is 6.95. The van der Waals surface area contributed by atoms with Gasteiger partial charge in [-0.25, -0.2) is 4.79 Å². The highest BCUT2D eigenvalue weighted by Crippen LogP contribution is 2.26. The summed E-state index contributed by atoms with van der Waals surface area (Å²) < 4.78 is 0. The van der Waals surface area contributed by atoms with Crippen LogP contribution in [-0.4, -0.2) is 24.5 Å². The monoisotopic (exact) mass is 331 g/mol. The molecule has 2 unspecified atom stereocenters. The first-order valence-corrected chi connectivity index (χ1v) is 7.40. The molecule has 2 atom stereocenters. The minimum atomic E-state index is -0.547. The molecule has 1 aromatic carbocycles. The Balaban J connectivity index is 2.62. The van der Waals surface area contributed by atoms with Gasteiger partial charge in [-0.3, -0.25) is 15.4 Å². The molecule has 3 N–H and O–H groups in total. The summed E-state index contributed by atoms with van der Waals surface area (Å²) in [5.41, 5.74) is 0.832. The van der Waals surface area contributed by atoms with E-state index in [-0.39, 0.29) is 6.04 Å². The van der Waals surface area contributed by atoms with Crippen molar-refractivity contribution in [1.82, 2.24) is 16.0 Å². The molecule has 0 aromatic heterocycles. The van der Waals surface area contributed by atoms with Gasteiger partial charge in [0.15, 0.2) is 0 Å². The van der Waals surface area contributed by atoms with Gasteiger partial charge in [0.1, 0.15) is 0 Å². The van der Waals surface area contributed by atoms with Crippen molar-refractivity contribution >= 4 is 35.1 Å². The van der Waals surface area contributed by atoms with Crippen molar-refractivity contribution in [2.45, 2.75) is 32.9 Å². The molecule has 7 heteroatoms. The van der Waals surface area contributed by atoms with Gasteiger partial charge in [0.25, 0.3) is 0 Å². The topological polar surface area (TPSA) is 70.2 Å². The second-order valence-corrected chi connectivity index (χ2v) is 5.47. The van der Waals surface area contributed by atoms with E-state index in [0.29, 0.717) is 16.6 Å². The van der Waals surface area contributed by atoms with E-state index < -0.39 is 18.0 Å². The molecule has 0 aliphatic rings. The van der Waals surface area contributed by atoms with E-state index in [9.17, 15) is 9.59 Å². The molecule has 0 aliphatic carbocycles. The zero-order chi connectivity index (χ0) is 16.0. The summed E-state index contributed by atoms with van der Waals surface area (Å²) in [5.74, 6) is -0.405. The Labute approximate surface area is 134 Å². The lowest BCUT2D eigenvalue weighted by molar-refractivity contribution is -0.121. The van der Waals surface area contributed by atoms with Crippen LogP contribution < -0.4 is 16.0 Å². The number of nitrogens with one attached hydrogen (secondary N) is 3. The van der Waals surface area contributed by atoms with E-state index in [2.05, 4.69) is 16.0 Å². The van der Waals surface area contributed by atoms with Crippen molar-refractivity contribution < 1.29 is 9.59 Å². The zero-order valence-corrected chi connectivity index (χ0v) is 13.7. The van der Waals surface area contributed by atoms with Gasteiger partial charge in [-0.2, -0.15) is 0 Å². The van der Waals surface area contributed by atoms with Gasteiger partial charge in [-0.1, -0.05) is 29.3 Å². The van der Waals surface area contributed by atoms with Crippen LogP contribution in [0.25, 0.3) is 0 Å². The van der Waals surface area contributed by atoms with E-state index >= 15 is 0 Å². The Hall–Kier alpha value is -1.30. The number of amides is 3. The molecule has 0 saturated carbocycles. The maximum absolute atomic E-state index is 11.8. The highest BCUT2D eigenvalue weighted by atomic mass is 35.5. The van der Waals surface area contributed by atoms with Crippen LogP contribution in [0.5, 0.6) is 0 Å². The maximum Gasteiger partial charge on any atom is 0.321 e. The third-order valence-corrected chi connectivity index (χ3v) is 3.46. The van der Waals surface area contributed by atoms with E-state index in [1.54, 1.807) is 32.0 Å². The van der Waals surface area contributed by atoms with Crippen LogP contribution in [0.2, 0.25) is 10.0 Å². The van der Waals surface area contributed by atoms with Gasteiger partial charge >= 0.3 is 6.03 Å². The minimum Gasteiger partial charge on any atom is -0.338 e. The predicted molar refractivity (Wildman–Crippen MR) is 84.7 cm³/mol. The molecule has 21 heavy (non-hydrogen) atoms. The van der Waals surface area contributed by atoms with Crippen LogP contribution in [0.1, 0.15) is 32.4 Å². The summed E-state index contributed by atoms with van der Waals surface area (Å²) in [6, 6.07) is 3.97. The first kappa shape index (κ1) is 17.8. The lowest BCUT2D eigenvalue weighted by atomic mass is 10.1. The molecule has 3 amide bonds. The summed E-state index contributed by atoms with van der Waals surface area (Å²) in [4.78, 5) is 23.1. The molecule has 0 spiro atoms. The fraction of sp³-hybridized carbons (Fsp3) is 0.429. The van der Waals surface area contributed by atoms with Crippen molar-refractivity contribution in [3.63, 3.8) is 0 Å². The van der Waals surface area contributed by atoms with Crippen LogP contribution in [0.4, 0.5) is 4.79 Å². The van der Waals surface area contributed by atoms with Crippen LogP contribution in [0, 0.1) is 0 Å². The Morgan fingerprint density at radius 2 is 1.90 bits per heavy atom. The first-order valence-electron chi connectivity index (χ1n) is 6.64. The first-order chi connectivity index (χ1) is 9.85. The molecule has 0 fully saturated rings. The third kappa shape index (κ3) is 5.53. The average Bonchev–Trinajstić information content (AvgIpc) is 2.38. The number of carbonyl (C=O) groups is 2. The number of urea groups is 1. The maximum atomic E-state index is 11.8. The highest BCUT2D eigenvalue weighted by Gasteiger charge is 2.19. The van der Waals surface area contributed by atoms with Gasteiger partial charge < -0.3 is 5.32 Å². The summed E-state index contributed by atoms with van der Waals surface area (Å²) in [7, 11) is 0. The van der Waals surface area contributed by atoms with Crippen molar-refractivity contribution in [1.29, 1.82) is 0 Å². The molecule has 5 nitrogen and oxygen atoms in total. The number of benzene rings is 1. The van der Waals surface area contributed by atoms with Crippen molar-refractivity contribution in [3.8, 4) is 0 Å². The highest BCUT2D eigenvalue weighted by molar-refractivity contribution is 6.35. The summed E-state index contributed by atoms with van der Waals surface area (Å²) in [6.45, 7) is 5.79. The Morgan fingerprint density at radius 3 is 2.48 bits per heavy atom. The zero-order valence-electron chi connectivity index (χ0n) is 12.2. The summed E-state index contributed by atoms with van der Waals surface area (Å²) in [5, 5.41) is 8.92. The Bertz CT molecular complexity index is 523. The molecular weight excluding hydrogens is 313 g/mol. The van der Waals surface area contributed by atoms with Gasteiger partial charge in [0, 0.05) is 22.6 Å². The van der Waals surface area contributed by atoms with Crippen LogP contribution >= 0.6 is 23.2 Å². The fourth-order valence-electron chi connectivity index (χ4n) is 1.82. The van der Waals surface area contributed by atoms with Crippen molar-refractivity contribution in [2.75, 3.05) is 6.54 Å². The van der Waals surface area contributed by atoms with Crippen LogP contribution in [0.3, 0.4) is 0 Å². The van der Waals surface area contributed by atoms with E-state index in [4.69, 9.17) is 23.2 Å². The number of halogens is 2. The molecule has 0 heterocycles. The van der Waals surface area contributed by atoms with Gasteiger partial charge in [-0.05, 0) is 38.5 Å². The molecule has 0 radical (unpaired) electrons. The number of hydrogen-bond donors (Lipinski definition) is 3. The average molecular weight is 332 g/mol. The lowest BCUT2D eigenvalue weighted by Gasteiger charge is -2.20. The lowest BCUT2D eigenvalue weighted by Crippen LogP contribution is -2.48. The molecule has 0 bridgehead atoms. The molecule has 1 aromatic rings. The molecule has 0 aliphatic heterocycles. The van der Waals surface area contributed by atoms with Gasteiger partial charge in [-0.15, -0.1) is 0 Å². The second kappa shape index (κ2) is 8.22. The molecular formula is C14H19Cl2N3O2. The van der Waals surface area contributed by atoms with Crippen LogP contribution in [-0.2, 0) is 4.79 Å². The normalized spacial score (nSPS) is 13.4. The Morgan fingerprint density at radius 1 is 1.24 bits per heavy atom. The SMILES string of the molecule is CCNC(=O)NC(=O)C(C)NC(C)c1ccc(Cl)cc1Cl. The fourth-order valence-corrected chi connectivity index (χ4v) is 2.39. The number of imide groups is 1. The van der Waals surface area contributed by atoms with Crippen molar-refractivity contribution in [2.24, 2.45) is 0 Å². The second-order valence-electron chi connectivity index (χ2n) is 4.62. The number of hydrogen-bond acceptors (Lipinski definition) is 3. The van der Waals surface area contributed by atoms with E-state index in [1.165, 1.54) is 0 Å². The largest absolute Gasteiger partial charge is 0.338 e. The van der Waals surface area contributed by atoms with E-state index in [1.807, 2.05) is 6.92 Å². The standard InChI is InChI=1S/C14H19Cl2N3O2/c1-4-17-14(21)19-13(20)9(3)18-8(2)11-6-5-10(15)7-12(11)16/h5-9,18H,4H2,1-3H3,(H2,17,19,20,21). The van der Waals surface area contributed by atoms with E-state index in [0.717, 1.165) is 5.56 Å². The summed E-state index contributed by atoms with van der Waals surface area (Å²) >= 11 is 12.0. The molecule has 1 rings (SSSR count). The smallest absolute Gasteiger partial charge is 0.321 e. The van der Waals surface area contributed by atoms with Crippen molar-refractivity contribution in [3.05, 3.63) is 33.8 Å². The van der Waals surface area contributed by atoms with Crippen LogP contribution in [0.15, 0.2) is 18.2 Å². The quantitative estimate of drug-likeness (QED) is 0.776. The molecule has 0 saturated heterocycles.